The second-order valence-corrected chi connectivity index (χ2v) is 14.0. The number of rotatable bonds is 3. The van der Waals surface area contributed by atoms with E-state index in [4.69, 9.17) is 9.97 Å². The molecule has 1 aliphatic rings. The summed E-state index contributed by atoms with van der Waals surface area (Å²) in [6.45, 7) is 4.73. The van der Waals surface area contributed by atoms with Crippen molar-refractivity contribution in [2.24, 2.45) is 0 Å². The molecule has 0 aliphatic heterocycles. The lowest BCUT2D eigenvalue weighted by Gasteiger charge is -2.22. The molecule has 0 unspecified atom stereocenters. The van der Waals surface area contributed by atoms with Crippen molar-refractivity contribution in [2.45, 2.75) is 19.3 Å². The maximum atomic E-state index is 5.32. The molecule has 0 fully saturated rings. The fourth-order valence-electron chi connectivity index (χ4n) is 7.93. The van der Waals surface area contributed by atoms with Crippen LogP contribution in [-0.4, -0.2) is 14.5 Å². The molecule has 3 nitrogen and oxygen atoms in total. The third-order valence-electron chi connectivity index (χ3n) is 10.0. The molecule has 3 aromatic heterocycles. The summed E-state index contributed by atoms with van der Waals surface area (Å²) in [5, 5.41) is 5.09. The zero-order valence-corrected chi connectivity index (χ0v) is 26.8. The van der Waals surface area contributed by atoms with Crippen molar-refractivity contribution in [3.8, 4) is 39.6 Å². The fourth-order valence-corrected chi connectivity index (χ4v) is 9.16. The first kappa shape index (κ1) is 26.6. The monoisotopic (exact) mass is 619 g/mol. The van der Waals surface area contributed by atoms with Crippen molar-refractivity contribution in [2.75, 3.05) is 0 Å². The largest absolute Gasteiger partial charge is 0.294 e. The third-order valence-corrected chi connectivity index (χ3v) is 11.2. The molecule has 0 spiro atoms. The van der Waals surface area contributed by atoms with Crippen molar-refractivity contribution in [3.63, 3.8) is 0 Å². The van der Waals surface area contributed by atoms with Crippen LogP contribution in [0.1, 0.15) is 25.0 Å². The Balaban J connectivity index is 1.30. The van der Waals surface area contributed by atoms with Gasteiger partial charge in [-0.3, -0.25) is 4.57 Å². The summed E-state index contributed by atoms with van der Waals surface area (Å²) in [5.74, 6) is 1.59. The van der Waals surface area contributed by atoms with Gasteiger partial charge in [0.1, 0.15) is 5.82 Å². The molecule has 0 saturated carbocycles. The zero-order chi connectivity index (χ0) is 31.3. The molecule has 47 heavy (non-hydrogen) atoms. The van der Waals surface area contributed by atoms with Gasteiger partial charge in [-0.15, -0.1) is 11.3 Å². The normalized spacial score (nSPS) is 13.5. The molecule has 6 aromatic carbocycles. The van der Waals surface area contributed by atoms with E-state index in [1.807, 2.05) is 17.4 Å². The van der Waals surface area contributed by atoms with E-state index in [1.54, 1.807) is 0 Å². The van der Waals surface area contributed by atoms with Crippen molar-refractivity contribution < 1.29 is 0 Å². The van der Waals surface area contributed by atoms with Crippen LogP contribution >= 0.6 is 11.3 Å². The molecule has 0 bridgehead atoms. The summed E-state index contributed by atoms with van der Waals surface area (Å²) in [6, 6.07) is 50.1. The van der Waals surface area contributed by atoms with Gasteiger partial charge in [0.05, 0.1) is 16.7 Å². The Kier molecular flexibility index (Phi) is 5.50. The standard InChI is InChI=1S/C43H29N3S/c1-43(2)33-20-9-6-15-27(33)29-23-24-36-39(40(29)43)32-17-7-10-21-35(32)46(36)38-25-34(44-42(45-38)26-13-4-3-5-14-26)31-19-12-18-30-28-16-8-11-22-37(28)47-41(30)31/h3-25H,1-2H3. The van der Waals surface area contributed by atoms with E-state index in [0.29, 0.717) is 0 Å². The van der Waals surface area contributed by atoms with Crippen LogP contribution in [0.15, 0.2) is 140 Å². The highest BCUT2D eigenvalue weighted by molar-refractivity contribution is 7.26. The molecule has 9 aromatic rings. The van der Waals surface area contributed by atoms with Gasteiger partial charge in [0.15, 0.2) is 5.82 Å². The predicted octanol–water partition coefficient (Wildman–Crippen LogP) is 11.6. The minimum absolute atomic E-state index is 0.136. The van der Waals surface area contributed by atoms with Crippen LogP contribution < -0.4 is 0 Å². The summed E-state index contributed by atoms with van der Waals surface area (Å²) in [6.07, 6.45) is 0. The van der Waals surface area contributed by atoms with Gasteiger partial charge in [-0.2, -0.15) is 0 Å². The highest BCUT2D eigenvalue weighted by Gasteiger charge is 2.38. The quantitative estimate of drug-likeness (QED) is 0.197. The molecular formula is C43H29N3S. The molecule has 0 N–H and O–H groups in total. The zero-order valence-electron chi connectivity index (χ0n) is 26.0. The Bertz CT molecular complexity index is 2710. The van der Waals surface area contributed by atoms with Crippen molar-refractivity contribution >= 4 is 53.3 Å². The Labute approximate surface area is 276 Å². The molecule has 4 heteroatoms. The molecule has 0 atom stereocenters. The molecule has 1 aliphatic carbocycles. The van der Waals surface area contributed by atoms with E-state index >= 15 is 0 Å². The Hall–Kier alpha value is -5.58. The molecule has 0 amide bonds. The van der Waals surface area contributed by atoms with Crippen molar-refractivity contribution in [1.82, 2.24) is 14.5 Å². The number of thiophene rings is 1. The molecule has 10 rings (SSSR count). The van der Waals surface area contributed by atoms with Crippen LogP contribution in [0.3, 0.4) is 0 Å². The van der Waals surface area contributed by atoms with Gasteiger partial charge in [0.25, 0.3) is 0 Å². The van der Waals surface area contributed by atoms with Crippen LogP contribution in [-0.2, 0) is 5.41 Å². The van der Waals surface area contributed by atoms with E-state index in [9.17, 15) is 0 Å². The summed E-state index contributed by atoms with van der Waals surface area (Å²) in [4.78, 5) is 10.6. The molecule has 3 heterocycles. The van der Waals surface area contributed by atoms with Crippen molar-refractivity contribution in [1.29, 1.82) is 0 Å². The van der Waals surface area contributed by atoms with Crippen LogP contribution in [0.2, 0.25) is 0 Å². The van der Waals surface area contributed by atoms with Crippen molar-refractivity contribution in [3.05, 3.63) is 151 Å². The second-order valence-electron chi connectivity index (χ2n) is 13.0. The number of nitrogens with zero attached hydrogens (tertiary/aromatic N) is 3. The SMILES string of the molecule is CC1(C)c2ccccc2-c2ccc3c(c21)c1ccccc1n3-c1cc(-c2cccc3c2sc2ccccc23)nc(-c2ccccc2)n1. The number of para-hydroxylation sites is 1. The molecule has 0 radical (unpaired) electrons. The highest BCUT2D eigenvalue weighted by atomic mass is 32.1. The minimum atomic E-state index is -0.136. The Morgan fingerprint density at radius 1 is 0.574 bits per heavy atom. The average molecular weight is 620 g/mol. The van der Waals surface area contributed by atoms with Crippen LogP contribution in [0.5, 0.6) is 0 Å². The van der Waals surface area contributed by atoms with Crippen LogP contribution in [0.25, 0.3) is 81.6 Å². The van der Waals surface area contributed by atoms with E-state index in [-0.39, 0.29) is 5.41 Å². The average Bonchev–Trinajstić information content (AvgIpc) is 3.74. The maximum absolute atomic E-state index is 5.32. The lowest BCUT2D eigenvalue weighted by Crippen LogP contribution is -2.15. The van der Waals surface area contributed by atoms with Gasteiger partial charge in [-0.25, -0.2) is 9.97 Å². The van der Waals surface area contributed by atoms with E-state index in [2.05, 4.69) is 152 Å². The van der Waals surface area contributed by atoms with Gasteiger partial charge in [0, 0.05) is 53.6 Å². The first-order chi connectivity index (χ1) is 23.1. The molecule has 0 saturated heterocycles. The van der Waals surface area contributed by atoms with Gasteiger partial charge in [0.2, 0.25) is 0 Å². The maximum Gasteiger partial charge on any atom is 0.162 e. The summed E-state index contributed by atoms with van der Waals surface area (Å²) in [5.41, 5.74) is 10.6. The highest BCUT2D eigenvalue weighted by Crippen LogP contribution is 2.53. The van der Waals surface area contributed by atoms with Crippen LogP contribution in [0.4, 0.5) is 0 Å². The summed E-state index contributed by atoms with van der Waals surface area (Å²) < 4.78 is 4.89. The second kappa shape index (κ2) is 9.71. The number of hydrogen-bond acceptors (Lipinski definition) is 3. The smallest absolute Gasteiger partial charge is 0.162 e. The number of fused-ring (bicyclic) bond motifs is 10. The fraction of sp³-hybridized carbons (Fsp3) is 0.0698. The first-order valence-corrected chi connectivity index (χ1v) is 16.9. The number of hydrogen-bond donors (Lipinski definition) is 0. The van der Waals surface area contributed by atoms with E-state index in [1.165, 1.54) is 53.2 Å². The number of aromatic nitrogens is 3. The van der Waals surface area contributed by atoms with Crippen LogP contribution in [0, 0.1) is 0 Å². The summed E-state index contributed by atoms with van der Waals surface area (Å²) in [7, 11) is 0. The van der Waals surface area contributed by atoms with Gasteiger partial charge in [-0.05, 0) is 40.5 Å². The Morgan fingerprint density at radius 3 is 2.19 bits per heavy atom. The lowest BCUT2D eigenvalue weighted by molar-refractivity contribution is 0.666. The molecule has 222 valence electrons. The van der Waals surface area contributed by atoms with Gasteiger partial charge in [-0.1, -0.05) is 129 Å². The Morgan fingerprint density at radius 2 is 1.30 bits per heavy atom. The molecular weight excluding hydrogens is 591 g/mol. The predicted molar refractivity (Wildman–Crippen MR) is 198 cm³/mol. The lowest BCUT2D eigenvalue weighted by atomic mass is 9.80. The van der Waals surface area contributed by atoms with E-state index < -0.39 is 0 Å². The topological polar surface area (TPSA) is 30.7 Å². The minimum Gasteiger partial charge on any atom is -0.294 e. The van der Waals surface area contributed by atoms with E-state index in [0.717, 1.165) is 39.5 Å². The third kappa shape index (κ3) is 3.73. The number of benzene rings is 6. The van der Waals surface area contributed by atoms with Gasteiger partial charge < -0.3 is 0 Å². The summed E-state index contributed by atoms with van der Waals surface area (Å²) >= 11 is 1.83. The van der Waals surface area contributed by atoms with Gasteiger partial charge >= 0.3 is 0 Å². The first-order valence-electron chi connectivity index (χ1n) is 16.1.